The predicted molar refractivity (Wildman–Crippen MR) is 86.1 cm³/mol. The summed E-state index contributed by atoms with van der Waals surface area (Å²) >= 11 is 1.69. The van der Waals surface area contributed by atoms with E-state index in [4.69, 9.17) is 4.74 Å². The first-order chi connectivity index (χ1) is 10.2. The Labute approximate surface area is 127 Å². The van der Waals surface area contributed by atoms with Crippen molar-refractivity contribution in [3.63, 3.8) is 0 Å². The highest BCUT2D eigenvalue weighted by Gasteiger charge is 2.39. The van der Waals surface area contributed by atoms with E-state index >= 15 is 0 Å². The lowest BCUT2D eigenvalue weighted by molar-refractivity contribution is 0.0844. The fourth-order valence-corrected chi connectivity index (χ4v) is 4.32. The van der Waals surface area contributed by atoms with E-state index in [0.29, 0.717) is 0 Å². The molecule has 0 radical (unpaired) electrons. The summed E-state index contributed by atoms with van der Waals surface area (Å²) in [6.07, 6.45) is 1.63. The summed E-state index contributed by atoms with van der Waals surface area (Å²) < 4.78 is 6.51. The molecular weight excluding hydrogens is 280 g/mol. The highest BCUT2D eigenvalue weighted by molar-refractivity contribution is 7.17. The lowest BCUT2D eigenvalue weighted by Crippen LogP contribution is -2.24. The summed E-state index contributed by atoms with van der Waals surface area (Å²) in [6, 6.07) is 14.3. The monoisotopic (exact) mass is 296 g/mol. The lowest BCUT2D eigenvalue weighted by Gasteiger charge is -2.25. The summed E-state index contributed by atoms with van der Waals surface area (Å²) in [6.45, 7) is 0. The summed E-state index contributed by atoms with van der Waals surface area (Å²) in [5, 5.41) is 14.7. The van der Waals surface area contributed by atoms with Crippen LogP contribution in [0.25, 0.3) is 10.1 Å². The fourth-order valence-electron chi connectivity index (χ4n) is 3.33. The van der Waals surface area contributed by atoms with E-state index < -0.39 is 5.60 Å². The number of methoxy groups -OCH3 is 1. The van der Waals surface area contributed by atoms with Gasteiger partial charge in [-0.25, -0.2) is 0 Å². The first-order valence-corrected chi connectivity index (χ1v) is 7.97. The second-order valence-electron chi connectivity index (χ2n) is 5.53. The molecule has 0 fully saturated rings. The van der Waals surface area contributed by atoms with Gasteiger partial charge < -0.3 is 9.84 Å². The van der Waals surface area contributed by atoms with Crippen LogP contribution in [0.3, 0.4) is 0 Å². The van der Waals surface area contributed by atoms with Gasteiger partial charge in [0.15, 0.2) is 0 Å². The van der Waals surface area contributed by atoms with Crippen LogP contribution >= 0.6 is 11.3 Å². The van der Waals surface area contributed by atoms with Crippen LogP contribution in [-0.4, -0.2) is 12.2 Å². The first kappa shape index (κ1) is 12.9. The van der Waals surface area contributed by atoms with Crippen molar-refractivity contribution < 1.29 is 9.84 Å². The minimum Gasteiger partial charge on any atom is -0.497 e. The summed E-state index contributed by atoms with van der Waals surface area (Å²) in [4.78, 5) is 0. The molecule has 1 unspecified atom stereocenters. The van der Waals surface area contributed by atoms with Crippen LogP contribution in [0.15, 0.2) is 47.8 Å². The third-order valence-corrected chi connectivity index (χ3v) is 5.41. The number of fused-ring (bicyclic) bond motifs is 2. The molecule has 1 aromatic heterocycles. The van der Waals surface area contributed by atoms with E-state index in [1.54, 1.807) is 18.4 Å². The Kier molecular flexibility index (Phi) is 2.81. The molecule has 21 heavy (non-hydrogen) atoms. The molecule has 1 heterocycles. The SMILES string of the molecule is COc1ccc2c(c1)C(O)(c1cccc3ccsc13)CC2. The number of aryl methyl sites for hydroxylation is 1. The fraction of sp³-hybridized carbons (Fsp3) is 0.222. The quantitative estimate of drug-likeness (QED) is 0.771. The molecule has 1 aliphatic carbocycles. The maximum Gasteiger partial charge on any atom is 0.119 e. The molecule has 3 heteroatoms. The van der Waals surface area contributed by atoms with Crippen molar-refractivity contribution in [2.75, 3.05) is 7.11 Å². The number of hydrogen-bond donors (Lipinski definition) is 1. The standard InChI is InChI=1S/C18H16O2S/c1-20-14-6-5-12-7-9-18(19,16(12)11-14)15-4-2-3-13-8-10-21-17(13)15/h2-6,8,10-11,19H,7,9H2,1H3. The molecule has 0 bridgehead atoms. The largest absolute Gasteiger partial charge is 0.497 e. The highest BCUT2D eigenvalue weighted by Crippen LogP contribution is 2.46. The van der Waals surface area contributed by atoms with Gasteiger partial charge in [-0.05, 0) is 52.9 Å². The Morgan fingerprint density at radius 3 is 2.90 bits per heavy atom. The zero-order valence-electron chi connectivity index (χ0n) is 11.8. The average Bonchev–Trinajstić information content (AvgIpc) is 3.12. The van der Waals surface area contributed by atoms with Gasteiger partial charge in [-0.15, -0.1) is 11.3 Å². The number of thiophene rings is 1. The van der Waals surface area contributed by atoms with Crippen LogP contribution in [0.5, 0.6) is 5.75 Å². The molecule has 106 valence electrons. The average molecular weight is 296 g/mol. The number of ether oxygens (including phenoxy) is 1. The number of benzene rings is 2. The van der Waals surface area contributed by atoms with Crippen molar-refractivity contribution in [1.82, 2.24) is 0 Å². The minimum atomic E-state index is -0.908. The topological polar surface area (TPSA) is 29.5 Å². The van der Waals surface area contributed by atoms with E-state index in [1.165, 1.54) is 15.6 Å². The molecule has 4 rings (SSSR count). The van der Waals surface area contributed by atoms with Gasteiger partial charge in [0.25, 0.3) is 0 Å². The Hall–Kier alpha value is -1.84. The van der Waals surface area contributed by atoms with Crippen molar-refractivity contribution in [2.24, 2.45) is 0 Å². The molecule has 0 amide bonds. The van der Waals surface area contributed by atoms with Crippen molar-refractivity contribution >= 4 is 21.4 Å². The molecule has 1 N–H and O–H groups in total. The molecular formula is C18H16O2S. The van der Waals surface area contributed by atoms with E-state index in [0.717, 1.165) is 29.7 Å². The van der Waals surface area contributed by atoms with Gasteiger partial charge in [0.2, 0.25) is 0 Å². The second-order valence-corrected chi connectivity index (χ2v) is 6.44. The molecule has 2 nitrogen and oxygen atoms in total. The van der Waals surface area contributed by atoms with Crippen LogP contribution in [0, 0.1) is 0 Å². The van der Waals surface area contributed by atoms with Crippen molar-refractivity contribution in [3.8, 4) is 5.75 Å². The van der Waals surface area contributed by atoms with Gasteiger partial charge in [0.1, 0.15) is 11.4 Å². The van der Waals surface area contributed by atoms with Crippen molar-refractivity contribution in [1.29, 1.82) is 0 Å². The number of aliphatic hydroxyl groups is 1. The van der Waals surface area contributed by atoms with Crippen molar-refractivity contribution in [3.05, 3.63) is 64.5 Å². The Morgan fingerprint density at radius 1 is 1.14 bits per heavy atom. The maximum absolute atomic E-state index is 11.4. The van der Waals surface area contributed by atoms with E-state index in [9.17, 15) is 5.11 Å². The van der Waals surface area contributed by atoms with Gasteiger partial charge in [0, 0.05) is 10.3 Å². The van der Waals surface area contributed by atoms with E-state index in [2.05, 4.69) is 23.6 Å². The van der Waals surface area contributed by atoms with Crippen LogP contribution in [-0.2, 0) is 12.0 Å². The first-order valence-electron chi connectivity index (χ1n) is 7.09. The molecule has 2 aromatic carbocycles. The Bertz CT molecular complexity index is 821. The molecule has 1 aliphatic rings. The summed E-state index contributed by atoms with van der Waals surface area (Å²) in [7, 11) is 1.66. The molecule has 0 saturated heterocycles. The second kappa shape index (κ2) is 4.58. The summed E-state index contributed by atoms with van der Waals surface area (Å²) in [5.41, 5.74) is 2.31. The smallest absolute Gasteiger partial charge is 0.119 e. The van der Waals surface area contributed by atoms with Gasteiger partial charge in [-0.1, -0.05) is 24.3 Å². The Morgan fingerprint density at radius 2 is 2.05 bits per heavy atom. The van der Waals surface area contributed by atoms with Gasteiger partial charge in [-0.2, -0.15) is 0 Å². The predicted octanol–water partition coefficient (Wildman–Crippen LogP) is 4.09. The van der Waals surface area contributed by atoms with Crippen LogP contribution in [0.2, 0.25) is 0 Å². The van der Waals surface area contributed by atoms with E-state index in [1.807, 2.05) is 24.3 Å². The van der Waals surface area contributed by atoms with Gasteiger partial charge in [0.05, 0.1) is 7.11 Å². The van der Waals surface area contributed by atoms with Gasteiger partial charge in [-0.3, -0.25) is 0 Å². The van der Waals surface area contributed by atoms with Crippen molar-refractivity contribution in [2.45, 2.75) is 18.4 Å². The normalized spacial score (nSPS) is 20.7. The molecule has 0 aliphatic heterocycles. The third kappa shape index (κ3) is 1.81. The minimum absolute atomic E-state index is 0.729. The Balaban J connectivity index is 1.96. The zero-order valence-corrected chi connectivity index (χ0v) is 12.6. The van der Waals surface area contributed by atoms with Crippen LogP contribution < -0.4 is 4.74 Å². The third-order valence-electron chi connectivity index (χ3n) is 4.44. The van der Waals surface area contributed by atoms with E-state index in [-0.39, 0.29) is 0 Å². The maximum atomic E-state index is 11.4. The molecule has 3 aromatic rings. The zero-order chi connectivity index (χ0) is 14.4. The number of rotatable bonds is 2. The van der Waals surface area contributed by atoms with Crippen LogP contribution in [0.4, 0.5) is 0 Å². The lowest BCUT2D eigenvalue weighted by atomic mass is 9.87. The van der Waals surface area contributed by atoms with Gasteiger partial charge >= 0.3 is 0 Å². The molecule has 0 spiro atoms. The molecule has 0 saturated carbocycles. The summed E-state index contributed by atoms with van der Waals surface area (Å²) in [5.74, 6) is 0.799. The number of hydrogen-bond acceptors (Lipinski definition) is 3. The highest BCUT2D eigenvalue weighted by atomic mass is 32.1. The van der Waals surface area contributed by atoms with Crippen LogP contribution in [0.1, 0.15) is 23.1 Å². The molecule has 1 atom stereocenters.